The molecule has 0 aromatic heterocycles. The summed E-state index contributed by atoms with van der Waals surface area (Å²) >= 11 is 3.53. The van der Waals surface area contributed by atoms with Crippen molar-refractivity contribution in [2.24, 2.45) is 5.92 Å². The lowest BCUT2D eigenvalue weighted by atomic mass is 9.85. The molecule has 2 aliphatic rings. The van der Waals surface area contributed by atoms with Crippen molar-refractivity contribution in [3.05, 3.63) is 46.1 Å². The molecule has 1 aromatic rings. The van der Waals surface area contributed by atoms with E-state index in [0.717, 1.165) is 22.4 Å². The van der Waals surface area contributed by atoms with E-state index in [-0.39, 0.29) is 11.9 Å². The normalized spacial score (nSPS) is 27.2. The van der Waals surface area contributed by atoms with Crippen molar-refractivity contribution in [3.63, 3.8) is 0 Å². The lowest BCUT2D eigenvalue weighted by Gasteiger charge is -2.29. The van der Waals surface area contributed by atoms with Crippen LogP contribution in [0, 0.1) is 5.92 Å². The predicted octanol–water partition coefficient (Wildman–Crippen LogP) is 3.70. The minimum Gasteiger partial charge on any atom is -0.464 e. The minimum atomic E-state index is -0.748. The van der Waals surface area contributed by atoms with E-state index in [2.05, 4.69) is 50.8 Å². The van der Waals surface area contributed by atoms with Gasteiger partial charge < -0.3 is 15.4 Å². The summed E-state index contributed by atoms with van der Waals surface area (Å²) in [7, 11) is 0. The maximum atomic E-state index is 12.4. The summed E-state index contributed by atoms with van der Waals surface area (Å²) < 4.78 is 6.32. The Kier molecular flexibility index (Phi) is 4.23. The van der Waals surface area contributed by atoms with Crippen LogP contribution >= 0.6 is 15.9 Å². The monoisotopic (exact) mass is 376 g/mol. The number of allylic oxidation sites excluding steroid dienone is 1. The Bertz CT molecular complexity index is 711. The van der Waals surface area contributed by atoms with Crippen LogP contribution in [0.25, 0.3) is 5.57 Å². The highest BCUT2D eigenvalue weighted by atomic mass is 79.9. The van der Waals surface area contributed by atoms with Gasteiger partial charge in [-0.2, -0.15) is 0 Å². The molecule has 3 rings (SSSR count). The summed E-state index contributed by atoms with van der Waals surface area (Å²) in [6.07, 6.45) is 4.27. The molecule has 0 fully saturated rings. The van der Waals surface area contributed by atoms with Gasteiger partial charge in [0.1, 0.15) is 5.54 Å². The third-order valence-electron chi connectivity index (χ3n) is 4.43. The molecule has 0 saturated heterocycles. The molecule has 2 aliphatic heterocycles. The molecule has 4 nitrogen and oxygen atoms in total. The lowest BCUT2D eigenvalue weighted by Crippen LogP contribution is -2.50. The first-order valence-corrected chi connectivity index (χ1v) is 8.61. The molecule has 2 unspecified atom stereocenters. The number of hydrogen-bond donors (Lipinski definition) is 2. The maximum Gasteiger partial charge on any atom is 0.332 e. The van der Waals surface area contributed by atoms with E-state index in [1.807, 2.05) is 26.8 Å². The van der Waals surface area contributed by atoms with Gasteiger partial charge in [0.15, 0.2) is 0 Å². The Labute approximate surface area is 145 Å². The first kappa shape index (κ1) is 16.1. The SMILES string of the molecule is CCOC(=O)C1(C)NC(C)=CC1/C=C1/CNc2ccc(Br)cc21. The summed E-state index contributed by atoms with van der Waals surface area (Å²) in [4.78, 5) is 12.4. The van der Waals surface area contributed by atoms with Crippen molar-refractivity contribution >= 4 is 33.2 Å². The summed E-state index contributed by atoms with van der Waals surface area (Å²) in [6.45, 7) is 6.87. The van der Waals surface area contributed by atoms with Crippen molar-refractivity contribution in [1.82, 2.24) is 5.32 Å². The molecule has 0 radical (unpaired) electrons. The smallest absolute Gasteiger partial charge is 0.332 e. The molecular formula is C18H21BrN2O2. The van der Waals surface area contributed by atoms with E-state index < -0.39 is 5.54 Å². The van der Waals surface area contributed by atoms with Crippen molar-refractivity contribution in [1.29, 1.82) is 0 Å². The number of carbonyl (C=O) groups excluding carboxylic acids is 1. The molecule has 122 valence electrons. The third-order valence-corrected chi connectivity index (χ3v) is 4.92. The third kappa shape index (κ3) is 2.90. The number of esters is 1. The van der Waals surface area contributed by atoms with E-state index in [4.69, 9.17) is 4.74 Å². The number of benzene rings is 1. The Morgan fingerprint density at radius 2 is 2.30 bits per heavy atom. The van der Waals surface area contributed by atoms with Crippen LogP contribution < -0.4 is 10.6 Å². The zero-order valence-electron chi connectivity index (χ0n) is 13.6. The zero-order chi connectivity index (χ0) is 16.6. The first-order valence-electron chi connectivity index (χ1n) is 7.82. The fourth-order valence-electron chi connectivity index (χ4n) is 3.24. The molecule has 0 aliphatic carbocycles. The average Bonchev–Trinajstić information content (AvgIpc) is 3.02. The van der Waals surface area contributed by atoms with Gasteiger partial charge in [0.25, 0.3) is 0 Å². The van der Waals surface area contributed by atoms with Crippen LogP contribution in [0.1, 0.15) is 26.3 Å². The Hall–Kier alpha value is -1.75. The van der Waals surface area contributed by atoms with E-state index >= 15 is 0 Å². The van der Waals surface area contributed by atoms with E-state index in [0.29, 0.717) is 6.61 Å². The summed E-state index contributed by atoms with van der Waals surface area (Å²) in [6, 6.07) is 6.21. The van der Waals surface area contributed by atoms with Crippen LogP contribution in [0.15, 0.2) is 40.5 Å². The molecular weight excluding hydrogens is 356 g/mol. The number of hydrogen-bond acceptors (Lipinski definition) is 4. The van der Waals surface area contributed by atoms with Crippen LogP contribution in [-0.4, -0.2) is 24.7 Å². The van der Waals surface area contributed by atoms with Gasteiger partial charge in [0.05, 0.1) is 6.61 Å². The van der Waals surface area contributed by atoms with Crippen molar-refractivity contribution in [3.8, 4) is 0 Å². The first-order chi connectivity index (χ1) is 10.9. The van der Waals surface area contributed by atoms with Crippen LogP contribution in [0.3, 0.4) is 0 Å². The van der Waals surface area contributed by atoms with Gasteiger partial charge in [-0.3, -0.25) is 0 Å². The van der Waals surface area contributed by atoms with Crippen LogP contribution in [-0.2, 0) is 9.53 Å². The van der Waals surface area contributed by atoms with E-state index in [1.54, 1.807) is 0 Å². The number of nitrogens with one attached hydrogen (secondary N) is 2. The molecule has 23 heavy (non-hydrogen) atoms. The van der Waals surface area contributed by atoms with Gasteiger partial charge in [-0.05, 0) is 44.5 Å². The molecule has 0 amide bonds. The molecule has 2 heterocycles. The number of halogens is 1. The highest BCUT2D eigenvalue weighted by Gasteiger charge is 2.44. The second kappa shape index (κ2) is 6.04. The second-order valence-corrected chi connectivity index (χ2v) is 7.07. The van der Waals surface area contributed by atoms with Gasteiger partial charge in [0, 0.05) is 33.9 Å². The maximum absolute atomic E-state index is 12.4. The molecule has 5 heteroatoms. The highest BCUT2D eigenvalue weighted by Crippen LogP contribution is 2.37. The summed E-state index contributed by atoms with van der Waals surface area (Å²) in [5.41, 5.74) is 3.77. The molecule has 0 saturated carbocycles. The molecule has 0 spiro atoms. The summed E-state index contributed by atoms with van der Waals surface area (Å²) in [5, 5.41) is 6.68. The van der Waals surface area contributed by atoms with Gasteiger partial charge in [-0.25, -0.2) is 4.79 Å². The van der Waals surface area contributed by atoms with Crippen molar-refractivity contribution in [2.75, 3.05) is 18.5 Å². The summed E-state index contributed by atoms with van der Waals surface area (Å²) in [5.74, 6) is -0.251. The topological polar surface area (TPSA) is 50.4 Å². The fraction of sp³-hybridized carbons (Fsp3) is 0.389. The number of anilines is 1. The number of rotatable bonds is 3. The van der Waals surface area contributed by atoms with Crippen LogP contribution in [0.4, 0.5) is 5.69 Å². The quantitative estimate of drug-likeness (QED) is 0.789. The van der Waals surface area contributed by atoms with E-state index in [1.165, 1.54) is 11.1 Å². The van der Waals surface area contributed by atoms with Gasteiger partial charge in [-0.15, -0.1) is 0 Å². The fourth-order valence-corrected chi connectivity index (χ4v) is 3.60. The molecule has 0 bridgehead atoms. The van der Waals surface area contributed by atoms with Gasteiger partial charge in [0.2, 0.25) is 0 Å². The standard InChI is InChI=1S/C18H21BrN2O2/c1-4-23-17(22)18(3)13(7-11(2)21-18)8-12-10-20-16-6-5-14(19)9-15(12)16/h5-9,13,20-21H,4,10H2,1-3H3/b12-8-. The zero-order valence-corrected chi connectivity index (χ0v) is 15.2. The minimum absolute atomic E-state index is 0.0386. The van der Waals surface area contributed by atoms with E-state index in [9.17, 15) is 4.79 Å². The molecule has 1 aromatic carbocycles. The largest absolute Gasteiger partial charge is 0.464 e. The highest BCUT2D eigenvalue weighted by molar-refractivity contribution is 9.10. The predicted molar refractivity (Wildman–Crippen MR) is 96.0 cm³/mol. The van der Waals surface area contributed by atoms with Crippen molar-refractivity contribution in [2.45, 2.75) is 26.3 Å². The number of ether oxygens (including phenoxy) is 1. The Morgan fingerprint density at radius 3 is 3.04 bits per heavy atom. The average molecular weight is 377 g/mol. The lowest BCUT2D eigenvalue weighted by molar-refractivity contribution is -0.150. The van der Waals surface area contributed by atoms with Gasteiger partial charge >= 0.3 is 5.97 Å². The molecule has 2 N–H and O–H groups in total. The Morgan fingerprint density at radius 1 is 1.52 bits per heavy atom. The van der Waals surface area contributed by atoms with Crippen LogP contribution in [0.5, 0.6) is 0 Å². The number of fused-ring (bicyclic) bond motifs is 1. The Balaban J connectivity index is 1.95. The van der Waals surface area contributed by atoms with Crippen LogP contribution in [0.2, 0.25) is 0 Å². The number of carbonyl (C=O) groups is 1. The molecule has 2 atom stereocenters. The van der Waals surface area contributed by atoms with Gasteiger partial charge in [-0.1, -0.05) is 28.1 Å². The van der Waals surface area contributed by atoms with Crippen molar-refractivity contribution < 1.29 is 9.53 Å². The second-order valence-electron chi connectivity index (χ2n) is 6.16.